The van der Waals surface area contributed by atoms with Crippen molar-refractivity contribution < 1.29 is 13.6 Å². The van der Waals surface area contributed by atoms with Gasteiger partial charge < -0.3 is 9.73 Å². The highest BCUT2D eigenvalue weighted by Crippen LogP contribution is 2.30. The molecule has 32 heavy (non-hydrogen) atoms. The molecule has 1 amide bonds. The van der Waals surface area contributed by atoms with Crippen LogP contribution >= 0.6 is 12.2 Å². The molecule has 1 aromatic heterocycles. The van der Waals surface area contributed by atoms with E-state index < -0.39 is 11.7 Å². The Morgan fingerprint density at radius 2 is 1.75 bits per heavy atom. The Balaban J connectivity index is 1.38. The van der Waals surface area contributed by atoms with Crippen LogP contribution < -0.4 is 10.6 Å². The van der Waals surface area contributed by atoms with Crippen LogP contribution in [0.2, 0.25) is 0 Å². The van der Waals surface area contributed by atoms with Gasteiger partial charge in [0, 0.05) is 16.6 Å². The maximum Gasteiger partial charge on any atom is 0.260 e. The van der Waals surface area contributed by atoms with E-state index in [2.05, 4.69) is 10.6 Å². The van der Waals surface area contributed by atoms with Crippen molar-refractivity contribution in [1.82, 2.24) is 10.3 Å². The predicted molar refractivity (Wildman–Crippen MR) is 127 cm³/mol. The second-order valence-corrected chi connectivity index (χ2v) is 7.53. The summed E-state index contributed by atoms with van der Waals surface area (Å²) in [5.74, 6) is -0.762. The lowest BCUT2D eigenvalue weighted by Gasteiger charge is -2.10. The molecule has 0 unspecified atom stereocenters. The molecule has 5 aromatic rings. The number of amides is 1. The highest BCUT2D eigenvalue weighted by Gasteiger charge is 2.14. The number of carbonyl (C=O) groups excluding carboxylic acids is 1. The molecule has 5 rings (SSSR count). The van der Waals surface area contributed by atoms with E-state index in [0.29, 0.717) is 17.2 Å². The van der Waals surface area contributed by atoms with Crippen molar-refractivity contribution in [2.45, 2.75) is 0 Å². The molecule has 1 heterocycles. The number of anilines is 1. The van der Waals surface area contributed by atoms with Crippen molar-refractivity contribution in [1.29, 1.82) is 0 Å². The number of oxazole rings is 1. The monoisotopic (exact) mass is 441 g/mol. The van der Waals surface area contributed by atoms with Crippen molar-refractivity contribution in [2.24, 2.45) is 0 Å². The van der Waals surface area contributed by atoms with Crippen LogP contribution in [-0.4, -0.2) is 16.0 Å². The van der Waals surface area contributed by atoms with E-state index in [1.54, 1.807) is 12.1 Å². The third-order valence-electron chi connectivity index (χ3n) is 5.00. The molecule has 2 N–H and O–H groups in total. The Labute approximate surface area is 187 Å². The molecule has 0 aliphatic heterocycles. The number of rotatable bonds is 3. The molecule has 0 fully saturated rings. The molecule has 4 aromatic carbocycles. The van der Waals surface area contributed by atoms with Crippen LogP contribution in [0.15, 0.2) is 89.3 Å². The van der Waals surface area contributed by atoms with Gasteiger partial charge in [-0.15, -0.1) is 0 Å². The first-order valence-corrected chi connectivity index (χ1v) is 10.2. The van der Waals surface area contributed by atoms with Gasteiger partial charge in [0.2, 0.25) is 5.89 Å². The smallest absolute Gasteiger partial charge is 0.260 e. The Morgan fingerprint density at radius 3 is 2.62 bits per heavy atom. The minimum Gasteiger partial charge on any atom is -0.436 e. The molecular weight excluding hydrogens is 425 g/mol. The Kier molecular flexibility index (Phi) is 5.09. The Hall–Kier alpha value is -4.10. The molecule has 0 aliphatic carbocycles. The van der Waals surface area contributed by atoms with Crippen LogP contribution in [0.1, 0.15) is 10.4 Å². The number of benzene rings is 4. The van der Waals surface area contributed by atoms with E-state index in [1.807, 2.05) is 54.6 Å². The largest absolute Gasteiger partial charge is 0.436 e. The van der Waals surface area contributed by atoms with E-state index in [-0.39, 0.29) is 10.7 Å². The third-order valence-corrected chi connectivity index (χ3v) is 5.20. The number of hydrogen-bond acceptors (Lipinski definition) is 4. The summed E-state index contributed by atoms with van der Waals surface area (Å²) in [6.07, 6.45) is 0. The minimum absolute atomic E-state index is 0.0546. The zero-order valence-corrected chi connectivity index (χ0v) is 17.4. The van der Waals surface area contributed by atoms with Crippen LogP contribution in [-0.2, 0) is 0 Å². The highest BCUT2D eigenvalue weighted by molar-refractivity contribution is 7.80. The first-order valence-electron chi connectivity index (χ1n) is 9.84. The Bertz CT molecular complexity index is 1500. The summed E-state index contributed by atoms with van der Waals surface area (Å²) < 4.78 is 19.8. The number of nitrogens with zero attached hydrogens (tertiary/aromatic N) is 1. The van der Waals surface area contributed by atoms with E-state index in [0.717, 1.165) is 21.9 Å². The van der Waals surface area contributed by atoms with Crippen molar-refractivity contribution in [2.75, 3.05) is 5.32 Å². The fraction of sp³-hybridized carbons (Fsp3) is 0. The van der Waals surface area contributed by atoms with Gasteiger partial charge in [-0.3, -0.25) is 10.1 Å². The van der Waals surface area contributed by atoms with Crippen LogP contribution in [0, 0.1) is 5.82 Å². The molecule has 0 spiro atoms. The number of fused-ring (bicyclic) bond motifs is 3. The summed E-state index contributed by atoms with van der Waals surface area (Å²) >= 11 is 5.22. The summed E-state index contributed by atoms with van der Waals surface area (Å²) in [6.45, 7) is 0. The number of nitrogens with one attached hydrogen (secondary N) is 2. The van der Waals surface area contributed by atoms with Gasteiger partial charge in [0.05, 0.1) is 5.56 Å². The summed E-state index contributed by atoms with van der Waals surface area (Å²) in [5, 5.41) is 7.60. The molecule has 5 nitrogen and oxygen atoms in total. The molecule has 0 saturated heterocycles. The second kappa shape index (κ2) is 8.20. The maximum absolute atomic E-state index is 13.8. The fourth-order valence-electron chi connectivity index (χ4n) is 3.49. The molecule has 0 radical (unpaired) electrons. The van der Waals surface area contributed by atoms with Crippen LogP contribution in [0.25, 0.3) is 33.3 Å². The number of hydrogen-bond donors (Lipinski definition) is 2. The van der Waals surface area contributed by atoms with Gasteiger partial charge in [0.1, 0.15) is 11.3 Å². The van der Waals surface area contributed by atoms with Gasteiger partial charge in [-0.05, 0) is 54.0 Å². The number of thiocarbonyl (C=S) groups is 1. The van der Waals surface area contributed by atoms with Crippen molar-refractivity contribution in [3.8, 4) is 11.5 Å². The van der Waals surface area contributed by atoms with Gasteiger partial charge in [0.15, 0.2) is 10.7 Å². The maximum atomic E-state index is 13.8. The molecule has 7 heteroatoms. The lowest BCUT2D eigenvalue weighted by Crippen LogP contribution is -2.34. The van der Waals surface area contributed by atoms with E-state index in [9.17, 15) is 9.18 Å². The van der Waals surface area contributed by atoms with Gasteiger partial charge >= 0.3 is 0 Å². The number of aromatic nitrogens is 1. The quantitative estimate of drug-likeness (QED) is 0.341. The average molecular weight is 441 g/mol. The first kappa shape index (κ1) is 19.8. The van der Waals surface area contributed by atoms with Gasteiger partial charge in [-0.1, -0.05) is 48.5 Å². The number of carbonyl (C=O) groups is 1. The average Bonchev–Trinajstić information content (AvgIpc) is 3.24. The first-order chi connectivity index (χ1) is 15.6. The highest BCUT2D eigenvalue weighted by atomic mass is 32.1. The summed E-state index contributed by atoms with van der Waals surface area (Å²) in [7, 11) is 0. The van der Waals surface area contributed by atoms with E-state index in [1.165, 1.54) is 18.2 Å². The lowest BCUT2D eigenvalue weighted by atomic mass is 10.1. The molecular formula is C25H16FN3O2S. The molecule has 0 saturated carbocycles. The topological polar surface area (TPSA) is 67.2 Å². The third kappa shape index (κ3) is 3.81. The molecule has 156 valence electrons. The minimum atomic E-state index is -0.623. The molecule has 0 bridgehead atoms. The zero-order valence-electron chi connectivity index (χ0n) is 16.6. The summed E-state index contributed by atoms with van der Waals surface area (Å²) in [6, 6.07) is 24.9. The number of halogens is 1. The van der Waals surface area contributed by atoms with Gasteiger partial charge in [-0.25, -0.2) is 9.37 Å². The standard InChI is InChI=1S/C25H16FN3O2S/c26-20-11-4-3-10-19(20)23(30)29-25(32)27-17-8-5-7-16(14-17)24-28-22-18-9-2-1-6-15(18)12-13-21(22)31-24/h1-14H,(H2,27,29,30,32). The Morgan fingerprint density at radius 1 is 0.938 bits per heavy atom. The summed E-state index contributed by atoms with van der Waals surface area (Å²) in [5.41, 5.74) is 2.80. The van der Waals surface area contributed by atoms with Crippen LogP contribution in [0.3, 0.4) is 0 Å². The second-order valence-electron chi connectivity index (χ2n) is 7.12. The van der Waals surface area contributed by atoms with Crippen LogP contribution in [0.4, 0.5) is 10.1 Å². The SMILES string of the molecule is O=C(NC(=S)Nc1cccc(-c2nc3c(ccc4ccccc43)o2)c1)c1ccccc1F. The summed E-state index contributed by atoms with van der Waals surface area (Å²) in [4.78, 5) is 16.9. The normalized spacial score (nSPS) is 10.9. The van der Waals surface area contributed by atoms with Crippen molar-refractivity contribution >= 4 is 50.8 Å². The van der Waals surface area contributed by atoms with E-state index in [4.69, 9.17) is 21.6 Å². The van der Waals surface area contributed by atoms with Gasteiger partial charge in [-0.2, -0.15) is 0 Å². The lowest BCUT2D eigenvalue weighted by molar-refractivity contribution is 0.0974. The van der Waals surface area contributed by atoms with E-state index >= 15 is 0 Å². The molecule has 0 aliphatic rings. The van der Waals surface area contributed by atoms with Crippen molar-refractivity contribution in [3.05, 3.63) is 96.3 Å². The predicted octanol–water partition coefficient (Wildman–Crippen LogP) is 5.91. The van der Waals surface area contributed by atoms with Crippen molar-refractivity contribution in [3.63, 3.8) is 0 Å². The molecule has 0 atom stereocenters. The zero-order chi connectivity index (χ0) is 22.1. The van der Waals surface area contributed by atoms with Crippen LogP contribution in [0.5, 0.6) is 0 Å². The fourth-order valence-corrected chi connectivity index (χ4v) is 3.70. The van der Waals surface area contributed by atoms with Gasteiger partial charge in [0.25, 0.3) is 5.91 Å².